The number of hydrogen-bond donors (Lipinski definition) is 1. The third-order valence-electron chi connectivity index (χ3n) is 1.74. The van der Waals surface area contributed by atoms with Gasteiger partial charge in [0.15, 0.2) is 0 Å². The molecule has 1 saturated heterocycles. The van der Waals surface area contributed by atoms with E-state index in [1.807, 2.05) is 11.8 Å². The standard InChI is InChI=1S/C7H15NS/c1-7(2)5-6(8)3-4-9-7/h6H,3-5,8H2,1-2H3/t6-/m1/s1. The van der Waals surface area contributed by atoms with Crippen molar-refractivity contribution in [3.8, 4) is 0 Å². The van der Waals surface area contributed by atoms with E-state index in [-0.39, 0.29) is 0 Å². The Morgan fingerprint density at radius 1 is 1.56 bits per heavy atom. The van der Waals surface area contributed by atoms with Crippen molar-refractivity contribution < 1.29 is 0 Å². The van der Waals surface area contributed by atoms with E-state index in [1.54, 1.807) is 0 Å². The van der Waals surface area contributed by atoms with Crippen LogP contribution in [0.5, 0.6) is 0 Å². The summed E-state index contributed by atoms with van der Waals surface area (Å²) in [6.07, 6.45) is 2.38. The predicted octanol–water partition coefficient (Wildman–Crippen LogP) is 1.62. The van der Waals surface area contributed by atoms with E-state index in [4.69, 9.17) is 5.73 Å². The molecule has 1 atom stereocenters. The minimum atomic E-state index is 0.442. The molecule has 9 heavy (non-hydrogen) atoms. The average Bonchev–Trinajstić information content (AvgIpc) is 1.60. The fourth-order valence-corrected chi connectivity index (χ4v) is 2.58. The topological polar surface area (TPSA) is 26.0 Å². The van der Waals surface area contributed by atoms with Crippen LogP contribution in [-0.4, -0.2) is 16.5 Å². The molecule has 1 rings (SSSR count). The van der Waals surface area contributed by atoms with Crippen LogP contribution in [0.25, 0.3) is 0 Å². The summed E-state index contributed by atoms with van der Waals surface area (Å²) in [5, 5.41) is 0. The molecule has 1 nitrogen and oxygen atoms in total. The summed E-state index contributed by atoms with van der Waals surface area (Å²) < 4.78 is 0.442. The number of hydrogen-bond acceptors (Lipinski definition) is 2. The summed E-state index contributed by atoms with van der Waals surface area (Å²) in [5.74, 6) is 1.24. The van der Waals surface area contributed by atoms with Crippen molar-refractivity contribution in [1.29, 1.82) is 0 Å². The lowest BCUT2D eigenvalue weighted by Crippen LogP contribution is -2.35. The second kappa shape index (κ2) is 2.51. The van der Waals surface area contributed by atoms with Crippen LogP contribution in [0.2, 0.25) is 0 Å². The van der Waals surface area contributed by atoms with Crippen LogP contribution >= 0.6 is 11.8 Å². The van der Waals surface area contributed by atoms with Gasteiger partial charge in [-0.2, -0.15) is 11.8 Å². The SMILES string of the molecule is CC1(C)C[C@H](N)CCS1. The molecule has 0 aromatic carbocycles. The molecule has 2 heteroatoms. The van der Waals surface area contributed by atoms with Crippen LogP contribution in [0.4, 0.5) is 0 Å². The molecule has 1 fully saturated rings. The average molecular weight is 145 g/mol. The van der Waals surface area contributed by atoms with Crippen LogP contribution in [0, 0.1) is 0 Å². The van der Waals surface area contributed by atoms with E-state index in [9.17, 15) is 0 Å². The smallest absolute Gasteiger partial charge is 0.0118 e. The second-order valence-corrected chi connectivity index (χ2v) is 5.16. The zero-order chi connectivity index (χ0) is 6.91. The van der Waals surface area contributed by atoms with Gasteiger partial charge in [0.2, 0.25) is 0 Å². The van der Waals surface area contributed by atoms with E-state index in [0.29, 0.717) is 10.8 Å². The van der Waals surface area contributed by atoms with Crippen molar-refractivity contribution in [2.24, 2.45) is 5.73 Å². The maximum atomic E-state index is 5.80. The highest BCUT2D eigenvalue weighted by Gasteiger charge is 2.25. The molecule has 0 bridgehead atoms. The lowest BCUT2D eigenvalue weighted by atomic mass is 10.0. The lowest BCUT2D eigenvalue weighted by molar-refractivity contribution is 0.502. The van der Waals surface area contributed by atoms with Crippen molar-refractivity contribution >= 4 is 11.8 Å². The van der Waals surface area contributed by atoms with Crippen molar-refractivity contribution in [1.82, 2.24) is 0 Å². The quantitative estimate of drug-likeness (QED) is 0.560. The highest BCUT2D eigenvalue weighted by molar-refractivity contribution is 8.00. The first-order valence-corrected chi connectivity index (χ1v) is 4.48. The van der Waals surface area contributed by atoms with E-state index in [1.165, 1.54) is 18.6 Å². The Bertz CT molecular complexity index is 101. The molecule has 1 aliphatic heterocycles. The monoisotopic (exact) mass is 145 g/mol. The fraction of sp³-hybridized carbons (Fsp3) is 1.00. The summed E-state index contributed by atoms with van der Waals surface area (Å²) in [6.45, 7) is 4.55. The largest absolute Gasteiger partial charge is 0.328 e. The summed E-state index contributed by atoms with van der Waals surface area (Å²) >= 11 is 2.04. The van der Waals surface area contributed by atoms with Crippen LogP contribution in [-0.2, 0) is 0 Å². The van der Waals surface area contributed by atoms with Gasteiger partial charge in [-0.25, -0.2) is 0 Å². The zero-order valence-electron chi connectivity index (χ0n) is 6.18. The third kappa shape index (κ3) is 2.18. The van der Waals surface area contributed by atoms with E-state index >= 15 is 0 Å². The highest BCUT2D eigenvalue weighted by Crippen LogP contribution is 2.34. The van der Waals surface area contributed by atoms with Crippen LogP contribution in [0.1, 0.15) is 26.7 Å². The Labute approximate surface area is 61.4 Å². The Morgan fingerprint density at radius 3 is 2.56 bits per heavy atom. The Balaban J connectivity index is 2.41. The van der Waals surface area contributed by atoms with Crippen LogP contribution < -0.4 is 5.73 Å². The van der Waals surface area contributed by atoms with Gasteiger partial charge in [0.1, 0.15) is 0 Å². The molecular weight excluding hydrogens is 130 g/mol. The first-order chi connectivity index (χ1) is 4.10. The molecule has 0 spiro atoms. The summed E-state index contributed by atoms with van der Waals surface area (Å²) in [4.78, 5) is 0. The first-order valence-electron chi connectivity index (χ1n) is 3.50. The van der Waals surface area contributed by atoms with Gasteiger partial charge < -0.3 is 5.73 Å². The normalized spacial score (nSPS) is 34.3. The minimum absolute atomic E-state index is 0.442. The Morgan fingerprint density at radius 2 is 2.22 bits per heavy atom. The second-order valence-electron chi connectivity index (χ2n) is 3.36. The Hall–Kier alpha value is 0.310. The summed E-state index contributed by atoms with van der Waals surface area (Å²) in [7, 11) is 0. The molecule has 0 aromatic heterocycles. The van der Waals surface area contributed by atoms with Gasteiger partial charge in [-0.1, -0.05) is 13.8 Å². The third-order valence-corrected chi connectivity index (χ3v) is 3.12. The van der Waals surface area contributed by atoms with Crippen molar-refractivity contribution in [2.45, 2.75) is 37.5 Å². The minimum Gasteiger partial charge on any atom is -0.328 e. The molecule has 0 radical (unpaired) electrons. The van der Waals surface area contributed by atoms with Gasteiger partial charge in [0.25, 0.3) is 0 Å². The van der Waals surface area contributed by atoms with Crippen LogP contribution in [0.3, 0.4) is 0 Å². The van der Waals surface area contributed by atoms with Gasteiger partial charge in [0.05, 0.1) is 0 Å². The zero-order valence-corrected chi connectivity index (χ0v) is 7.00. The molecule has 0 aliphatic carbocycles. The van der Waals surface area contributed by atoms with E-state index in [2.05, 4.69) is 13.8 Å². The molecule has 0 amide bonds. The van der Waals surface area contributed by atoms with Crippen molar-refractivity contribution in [3.05, 3.63) is 0 Å². The predicted molar refractivity (Wildman–Crippen MR) is 43.7 cm³/mol. The number of thioether (sulfide) groups is 1. The van der Waals surface area contributed by atoms with Crippen molar-refractivity contribution in [2.75, 3.05) is 5.75 Å². The van der Waals surface area contributed by atoms with Gasteiger partial charge in [0, 0.05) is 10.8 Å². The van der Waals surface area contributed by atoms with E-state index < -0.39 is 0 Å². The van der Waals surface area contributed by atoms with Crippen molar-refractivity contribution in [3.63, 3.8) is 0 Å². The van der Waals surface area contributed by atoms with Gasteiger partial charge in [-0.3, -0.25) is 0 Å². The van der Waals surface area contributed by atoms with Gasteiger partial charge in [-0.05, 0) is 18.6 Å². The van der Waals surface area contributed by atoms with Crippen LogP contribution in [0.15, 0.2) is 0 Å². The molecule has 0 unspecified atom stereocenters. The maximum Gasteiger partial charge on any atom is 0.0118 e. The number of rotatable bonds is 0. The molecule has 0 saturated carbocycles. The molecule has 1 aliphatic rings. The molecule has 2 N–H and O–H groups in total. The first kappa shape index (κ1) is 7.42. The van der Waals surface area contributed by atoms with Gasteiger partial charge in [-0.15, -0.1) is 0 Å². The maximum absolute atomic E-state index is 5.80. The lowest BCUT2D eigenvalue weighted by Gasteiger charge is -2.32. The number of nitrogens with two attached hydrogens (primary N) is 1. The fourth-order valence-electron chi connectivity index (χ4n) is 1.28. The molecule has 1 heterocycles. The molecule has 54 valence electrons. The van der Waals surface area contributed by atoms with E-state index in [0.717, 1.165) is 0 Å². The molecular formula is C7H15NS. The summed E-state index contributed by atoms with van der Waals surface area (Å²) in [5.41, 5.74) is 5.80. The summed E-state index contributed by atoms with van der Waals surface area (Å²) in [6, 6.07) is 0.459. The van der Waals surface area contributed by atoms with Gasteiger partial charge >= 0.3 is 0 Å². The highest BCUT2D eigenvalue weighted by atomic mass is 32.2. The Kier molecular flexibility index (Phi) is 2.07. The molecule has 0 aromatic rings.